The molecule has 0 unspecified atom stereocenters. The van der Waals surface area contributed by atoms with E-state index >= 15 is 0 Å². The Morgan fingerprint density at radius 2 is 0.674 bits per heavy atom. The van der Waals surface area contributed by atoms with Crippen molar-refractivity contribution in [3.05, 3.63) is 48.6 Å². The molecule has 0 N–H and O–H groups in total. The summed E-state index contributed by atoms with van der Waals surface area (Å²) in [6.07, 6.45) is 1.11. The minimum atomic E-state index is -0.463. The highest BCUT2D eigenvalue weighted by Gasteiger charge is 2.05. The molecule has 0 heterocycles. The molecule has 0 bridgehead atoms. The number of ether oxygens (including phenoxy) is 12. The molecule has 1 aromatic carbocycles. The number of carbonyl (C=O) groups is 2. The largest absolute Gasteiger partial charge is 0.460 e. The molecule has 14 nitrogen and oxygen atoms in total. The first-order chi connectivity index (χ1) is 22.7. The van der Waals surface area contributed by atoms with E-state index in [0.717, 1.165) is 6.08 Å². The van der Waals surface area contributed by atoms with Gasteiger partial charge in [0.25, 0.3) is 0 Å². The second-order valence-electron chi connectivity index (χ2n) is 9.00. The zero-order valence-electron chi connectivity index (χ0n) is 26.9. The van der Waals surface area contributed by atoms with Gasteiger partial charge in [-0.1, -0.05) is 24.8 Å². The molecule has 0 aliphatic carbocycles. The Morgan fingerprint density at radius 3 is 0.957 bits per heavy atom. The third-order valence-corrected chi connectivity index (χ3v) is 5.46. The Labute approximate surface area is 272 Å². The van der Waals surface area contributed by atoms with E-state index < -0.39 is 5.97 Å². The summed E-state index contributed by atoms with van der Waals surface area (Å²) >= 11 is 0. The summed E-state index contributed by atoms with van der Waals surface area (Å²) in [7, 11) is 0. The summed E-state index contributed by atoms with van der Waals surface area (Å²) in [5.41, 5.74) is 0.521. The molecule has 14 heteroatoms. The molecule has 0 aliphatic heterocycles. The van der Waals surface area contributed by atoms with Gasteiger partial charge < -0.3 is 56.8 Å². The maximum absolute atomic E-state index is 11.8. The standard InChI is InChI=1S/C32H52O14/c1-2-31(33)45-28-26-43-24-22-41-20-18-39-16-14-37-12-10-35-8-9-36-11-13-38-15-17-40-19-21-42-23-25-44-27-29-46-32(34)30-6-4-3-5-7-30/h2-7H,1,8-29H2. The minimum Gasteiger partial charge on any atom is -0.460 e. The molecule has 0 saturated heterocycles. The van der Waals surface area contributed by atoms with Crippen LogP contribution in [0, 0.1) is 0 Å². The molecule has 0 radical (unpaired) electrons. The summed E-state index contributed by atoms with van der Waals surface area (Å²) in [5, 5.41) is 0. The fourth-order valence-electron chi connectivity index (χ4n) is 3.19. The van der Waals surface area contributed by atoms with Crippen LogP contribution in [-0.4, -0.2) is 157 Å². The van der Waals surface area contributed by atoms with E-state index in [9.17, 15) is 9.59 Å². The second-order valence-corrected chi connectivity index (χ2v) is 9.00. The lowest BCUT2D eigenvalue weighted by Gasteiger charge is -2.09. The molecule has 1 aromatic rings. The number of rotatable bonds is 35. The highest BCUT2D eigenvalue weighted by Crippen LogP contribution is 2.00. The van der Waals surface area contributed by atoms with E-state index in [1.807, 2.05) is 6.07 Å². The van der Waals surface area contributed by atoms with E-state index in [1.165, 1.54) is 0 Å². The van der Waals surface area contributed by atoms with Crippen LogP contribution < -0.4 is 0 Å². The van der Waals surface area contributed by atoms with Crippen molar-refractivity contribution in [1.82, 2.24) is 0 Å². The van der Waals surface area contributed by atoms with Crippen molar-refractivity contribution in [3.63, 3.8) is 0 Å². The van der Waals surface area contributed by atoms with Crippen molar-refractivity contribution in [2.24, 2.45) is 0 Å². The second kappa shape index (κ2) is 33.9. The van der Waals surface area contributed by atoms with Gasteiger partial charge in [-0.15, -0.1) is 0 Å². The molecule has 0 saturated carbocycles. The zero-order chi connectivity index (χ0) is 33.0. The predicted molar refractivity (Wildman–Crippen MR) is 166 cm³/mol. The lowest BCUT2D eigenvalue weighted by molar-refractivity contribution is -0.139. The summed E-state index contributed by atoms with van der Waals surface area (Å²) in [6, 6.07) is 8.83. The van der Waals surface area contributed by atoms with Gasteiger partial charge in [-0.25, -0.2) is 9.59 Å². The van der Waals surface area contributed by atoms with Gasteiger partial charge in [0.2, 0.25) is 0 Å². The van der Waals surface area contributed by atoms with Gasteiger partial charge in [0, 0.05) is 6.08 Å². The molecule has 0 fully saturated rings. The van der Waals surface area contributed by atoms with Crippen LogP contribution in [-0.2, 0) is 61.6 Å². The van der Waals surface area contributed by atoms with Crippen LogP contribution >= 0.6 is 0 Å². The van der Waals surface area contributed by atoms with Crippen molar-refractivity contribution in [1.29, 1.82) is 0 Å². The van der Waals surface area contributed by atoms with E-state index in [-0.39, 0.29) is 19.2 Å². The third kappa shape index (κ3) is 28.9. The van der Waals surface area contributed by atoms with Crippen LogP contribution in [0.1, 0.15) is 10.4 Å². The Morgan fingerprint density at radius 1 is 0.413 bits per heavy atom. The van der Waals surface area contributed by atoms with Gasteiger partial charge in [-0.05, 0) is 12.1 Å². The normalized spacial score (nSPS) is 11.0. The Hall–Kier alpha value is -2.50. The predicted octanol–water partition coefficient (Wildman–Crippen LogP) is 1.74. The summed E-state index contributed by atoms with van der Waals surface area (Å²) in [5.74, 6) is -0.824. The first kappa shape index (κ1) is 41.5. The summed E-state index contributed by atoms with van der Waals surface area (Å²) < 4.78 is 64.0. The first-order valence-corrected chi connectivity index (χ1v) is 15.5. The minimum absolute atomic E-state index is 0.194. The van der Waals surface area contributed by atoms with Crippen LogP contribution in [0.4, 0.5) is 0 Å². The van der Waals surface area contributed by atoms with Gasteiger partial charge in [-0.2, -0.15) is 0 Å². The van der Waals surface area contributed by atoms with Gasteiger partial charge in [0.1, 0.15) is 13.2 Å². The monoisotopic (exact) mass is 660 g/mol. The Bertz CT molecular complexity index is 826. The van der Waals surface area contributed by atoms with E-state index in [0.29, 0.717) is 138 Å². The van der Waals surface area contributed by atoms with Gasteiger partial charge in [0.05, 0.1) is 138 Å². The molecule has 0 aromatic heterocycles. The maximum Gasteiger partial charge on any atom is 0.338 e. The average Bonchev–Trinajstić information content (AvgIpc) is 3.08. The van der Waals surface area contributed by atoms with E-state index in [4.69, 9.17) is 56.8 Å². The molecule has 0 amide bonds. The first-order valence-electron chi connectivity index (χ1n) is 15.5. The van der Waals surface area contributed by atoms with Crippen LogP contribution in [0.15, 0.2) is 43.0 Å². The van der Waals surface area contributed by atoms with Crippen molar-refractivity contribution < 1.29 is 66.4 Å². The van der Waals surface area contributed by atoms with Gasteiger partial charge in [-0.3, -0.25) is 0 Å². The number of benzene rings is 1. The van der Waals surface area contributed by atoms with Crippen molar-refractivity contribution in [2.75, 3.05) is 145 Å². The SMILES string of the molecule is C=CC(=O)OCCOCCOCCOCCOCCOCCOCCOCCOCCOCCOCCOC(=O)c1ccccc1. The zero-order valence-corrected chi connectivity index (χ0v) is 26.9. The number of hydrogen-bond acceptors (Lipinski definition) is 14. The molecular formula is C32H52O14. The summed E-state index contributed by atoms with van der Waals surface area (Å²) in [6.45, 7) is 12.7. The lowest BCUT2D eigenvalue weighted by atomic mass is 10.2. The smallest absolute Gasteiger partial charge is 0.338 e. The third-order valence-electron chi connectivity index (χ3n) is 5.46. The van der Waals surface area contributed by atoms with Crippen molar-refractivity contribution in [3.8, 4) is 0 Å². The fourth-order valence-corrected chi connectivity index (χ4v) is 3.19. The molecule has 0 aliphatic rings. The molecule has 46 heavy (non-hydrogen) atoms. The van der Waals surface area contributed by atoms with Crippen LogP contribution in [0.2, 0.25) is 0 Å². The van der Waals surface area contributed by atoms with Crippen molar-refractivity contribution >= 4 is 11.9 Å². The maximum atomic E-state index is 11.8. The Kier molecular flexibility index (Phi) is 30.6. The highest BCUT2D eigenvalue weighted by atomic mass is 16.6. The number of hydrogen-bond donors (Lipinski definition) is 0. The highest BCUT2D eigenvalue weighted by molar-refractivity contribution is 5.89. The molecule has 0 atom stereocenters. The quantitative estimate of drug-likeness (QED) is 0.0592. The number of carbonyl (C=O) groups excluding carboxylic acids is 2. The molecule has 1 rings (SSSR count). The number of esters is 2. The molecule has 0 spiro atoms. The van der Waals surface area contributed by atoms with Gasteiger partial charge >= 0.3 is 11.9 Å². The lowest BCUT2D eigenvalue weighted by Crippen LogP contribution is -2.15. The van der Waals surface area contributed by atoms with E-state index in [2.05, 4.69) is 6.58 Å². The van der Waals surface area contributed by atoms with Crippen LogP contribution in [0.3, 0.4) is 0 Å². The molecule has 264 valence electrons. The molecular weight excluding hydrogens is 608 g/mol. The van der Waals surface area contributed by atoms with Crippen LogP contribution in [0.25, 0.3) is 0 Å². The Balaban J connectivity index is 1.64. The fraction of sp³-hybridized carbons (Fsp3) is 0.688. The van der Waals surface area contributed by atoms with Crippen molar-refractivity contribution in [2.45, 2.75) is 0 Å². The van der Waals surface area contributed by atoms with E-state index in [1.54, 1.807) is 24.3 Å². The topological polar surface area (TPSA) is 145 Å². The average molecular weight is 661 g/mol. The summed E-state index contributed by atoms with van der Waals surface area (Å²) in [4.78, 5) is 22.6. The van der Waals surface area contributed by atoms with Crippen LogP contribution in [0.5, 0.6) is 0 Å². The van der Waals surface area contributed by atoms with Gasteiger partial charge in [0.15, 0.2) is 0 Å².